The highest BCUT2D eigenvalue weighted by molar-refractivity contribution is 7.18. The molecule has 1 heterocycles. The van der Waals surface area contributed by atoms with Crippen LogP contribution >= 0.6 is 11.3 Å². The Labute approximate surface area is 108 Å². The molecule has 18 heavy (non-hydrogen) atoms. The van der Waals surface area contributed by atoms with Crippen molar-refractivity contribution in [1.29, 1.82) is 0 Å². The van der Waals surface area contributed by atoms with E-state index >= 15 is 0 Å². The SMILES string of the molecule is Cc1nc2cc(NC(C)CN)c([N+](=O)[O-])cc2s1. The van der Waals surface area contributed by atoms with E-state index in [0.717, 1.165) is 15.2 Å². The summed E-state index contributed by atoms with van der Waals surface area (Å²) in [6, 6.07) is 3.25. The van der Waals surface area contributed by atoms with E-state index in [1.807, 2.05) is 13.8 Å². The van der Waals surface area contributed by atoms with Gasteiger partial charge >= 0.3 is 0 Å². The molecule has 0 aliphatic heterocycles. The molecule has 2 rings (SSSR count). The summed E-state index contributed by atoms with van der Waals surface area (Å²) in [5.41, 5.74) is 6.82. The molecule has 1 aromatic carbocycles. The number of nitrogens with two attached hydrogens (primary N) is 1. The number of aryl methyl sites for hydroxylation is 1. The van der Waals surface area contributed by atoms with Crippen molar-refractivity contribution in [3.63, 3.8) is 0 Å². The monoisotopic (exact) mass is 266 g/mol. The van der Waals surface area contributed by atoms with E-state index in [-0.39, 0.29) is 16.7 Å². The largest absolute Gasteiger partial charge is 0.376 e. The van der Waals surface area contributed by atoms with Gasteiger partial charge in [0, 0.05) is 18.7 Å². The standard InChI is InChI=1S/C11H14N4O2S/c1-6(5-12)13-8-3-9-11(18-7(2)14-9)4-10(8)15(16)17/h3-4,6,13H,5,12H2,1-2H3. The number of rotatable bonds is 4. The molecule has 3 N–H and O–H groups in total. The third-order valence-electron chi connectivity index (χ3n) is 2.56. The third-order valence-corrected chi connectivity index (χ3v) is 3.50. The summed E-state index contributed by atoms with van der Waals surface area (Å²) in [5, 5.41) is 15.0. The Morgan fingerprint density at radius 3 is 2.94 bits per heavy atom. The van der Waals surface area contributed by atoms with E-state index < -0.39 is 0 Å². The number of nitrogens with one attached hydrogen (secondary N) is 1. The zero-order valence-electron chi connectivity index (χ0n) is 10.1. The lowest BCUT2D eigenvalue weighted by Crippen LogP contribution is -2.25. The van der Waals surface area contributed by atoms with Crippen LogP contribution in [-0.4, -0.2) is 22.5 Å². The number of hydrogen-bond acceptors (Lipinski definition) is 6. The fourth-order valence-corrected chi connectivity index (χ4v) is 2.51. The number of aromatic nitrogens is 1. The minimum Gasteiger partial charge on any atom is -0.376 e. The first-order valence-electron chi connectivity index (χ1n) is 5.53. The van der Waals surface area contributed by atoms with Crippen molar-refractivity contribution in [1.82, 2.24) is 4.98 Å². The first kappa shape index (κ1) is 12.7. The summed E-state index contributed by atoms with van der Waals surface area (Å²) < 4.78 is 0.824. The molecule has 2 aromatic rings. The van der Waals surface area contributed by atoms with Crippen molar-refractivity contribution >= 4 is 32.9 Å². The van der Waals surface area contributed by atoms with Gasteiger partial charge in [0.15, 0.2) is 0 Å². The number of benzene rings is 1. The maximum Gasteiger partial charge on any atom is 0.293 e. The summed E-state index contributed by atoms with van der Waals surface area (Å²) in [7, 11) is 0. The number of fused-ring (bicyclic) bond motifs is 1. The molecule has 0 bridgehead atoms. The zero-order chi connectivity index (χ0) is 13.3. The summed E-state index contributed by atoms with van der Waals surface area (Å²) in [5.74, 6) is 0. The van der Waals surface area contributed by atoms with Crippen LogP contribution in [0.3, 0.4) is 0 Å². The summed E-state index contributed by atoms with van der Waals surface area (Å²) >= 11 is 1.45. The molecule has 0 aliphatic rings. The van der Waals surface area contributed by atoms with Crippen molar-refractivity contribution in [2.24, 2.45) is 5.73 Å². The number of anilines is 1. The fraction of sp³-hybridized carbons (Fsp3) is 0.364. The molecule has 0 saturated heterocycles. The van der Waals surface area contributed by atoms with Gasteiger partial charge in [-0.2, -0.15) is 0 Å². The second-order valence-corrected chi connectivity index (χ2v) is 5.34. The van der Waals surface area contributed by atoms with Gasteiger partial charge in [-0.1, -0.05) is 0 Å². The maximum absolute atomic E-state index is 11.1. The van der Waals surface area contributed by atoms with Crippen LogP contribution < -0.4 is 11.1 Å². The molecule has 0 aliphatic carbocycles. The Kier molecular flexibility index (Phi) is 3.44. The van der Waals surface area contributed by atoms with Gasteiger partial charge in [-0.25, -0.2) is 4.98 Å². The van der Waals surface area contributed by atoms with Crippen molar-refractivity contribution in [3.05, 3.63) is 27.3 Å². The third kappa shape index (κ3) is 2.41. The van der Waals surface area contributed by atoms with Crippen LogP contribution in [0.1, 0.15) is 11.9 Å². The first-order chi connectivity index (χ1) is 8.51. The lowest BCUT2D eigenvalue weighted by atomic mass is 10.2. The zero-order valence-corrected chi connectivity index (χ0v) is 11.0. The average Bonchev–Trinajstić information content (AvgIpc) is 2.66. The van der Waals surface area contributed by atoms with Crippen molar-refractivity contribution in [2.75, 3.05) is 11.9 Å². The van der Waals surface area contributed by atoms with Crippen molar-refractivity contribution < 1.29 is 4.92 Å². The van der Waals surface area contributed by atoms with Gasteiger partial charge in [0.05, 0.1) is 20.1 Å². The highest BCUT2D eigenvalue weighted by atomic mass is 32.1. The summed E-state index contributed by atoms with van der Waals surface area (Å²) in [6.07, 6.45) is 0. The first-order valence-corrected chi connectivity index (χ1v) is 6.35. The van der Waals surface area contributed by atoms with Gasteiger partial charge in [-0.15, -0.1) is 11.3 Å². The average molecular weight is 266 g/mol. The topological polar surface area (TPSA) is 94.1 Å². The van der Waals surface area contributed by atoms with Crippen LogP contribution in [0.25, 0.3) is 10.2 Å². The predicted octanol–water partition coefficient (Wildman–Crippen LogP) is 2.27. The normalized spacial score (nSPS) is 12.6. The molecule has 1 aromatic heterocycles. The molecular weight excluding hydrogens is 252 g/mol. The molecule has 6 nitrogen and oxygen atoms in total. The molecule has 0 spiro atoms. The molecule has 1 unspecified atom stereocenters. The molecule has 0 radical (unpaired) electrons. The Morgan fingerprint density at radius 2 is 2.33 bits per heavy atom. The smallest absolute Gasteiger partial charge is 0.293 e. The second-order valence-electron chi connectivity index (χ2n) is 4.11. The summed E-state index contributed by atoms with van der Waals surface area (Å²) in [6.45, 7) is 4.16. The van der Waals surface area contributed by atoms with Crippen LogP contribution in [0.15, 0.2) is 12.1 Å². The lowest BCUT2D eigenvalue weighted by Gasteiger charge is -2.12. The number of nitrogens with zero attached hydrogens (tertiary/aromatic N) is 2. The lowest BCUT2D eigenvalue weighted by molar-refractivity contribution is -0.383. The molecule has 0 saturated carbocycles. The molecule has 1 atom stereocenters. The van der Waals surface area contributed by atoms with Crippen LogP contribution in [-0.2, 0) is 0 Å². The Balaban J connectivity index is 2.53. The van der Waals surface area contributed by atoms with E-state index in [4.69, 9.17) is 5.73 Å². The van der Waals surface area contributed by atoms with Gasteiger partial charge in [0.2, 0.25) is 0 Å². The number of nitro benzene ring substituents is 1. The molecule has 96 valence electrons. The van der Waals surface area contributed by atoms with Crippen molar-refractivity contribution in [2.45, 2.75) is 19.9 Å². The Hall–Kier alpha value is -1.73. The maximum atomic E-state index is 11.1. The van der Waals surface area contributed by atoms with E-state index in [1.54, 1.807) is 12.1 Å². The fourth-order valence-electron chi connectivity index (χ4n) is 1.67. The quantitative estimate of drug-likeness (QED) is 0.654. The van der Waals surface area contributed by atoms with E-state index in [9.17, 15) is 10.1 Å². The van der Waals surface area contributed by atoms with E-state index in [2.05, 4.69) is 10.3 Å². The van der Waals surface area contributed by atoms with Crippen molar-refractivity contribution in [3.8, 4) is 0 Å². The minimum atomic E-state index is -0.389. The molecule has 7 heteroatoms. The highest BCUT2D eigenvalue weighted by Gasteiger charge is 2.18. The Bertz CT molecular complexity index is 596. The number of nitro groups is 1. The summed E-state index contributed by atoms with van der Waals surface area (Å²) in [4.78, 5) is 15.0. The molecule has 0 fully saturated rings. The van der Waals surface area contributed by atoms with E-state index in [1.165, 1.54) is 11.3 Å². The number of hydrogen-bond donors (Lipinski definition) is 2. The van der Waals surface area contributed by atoms with Crippen LogP contribution in [0.2, 0.25) is 0 Å². The Morgan fingerprint density at radius 1 is 1.61 bits per heavy atom. The van der Waals surface area contributed by atoms with Crippen LogP contribution in [0.4, 0.5) is 11.4 Å². The van der Waals surface area contributed by atoms with Gasteiger partial charge in [0.25, 0.3) is 5.69 Å². The van der Waals surface area contributed by atoms with Gasteiger partial charge in [-0.3, -0.25) is 10.1 Å². The van der Waals surface area contributed by atoms with Crippen LogP contribution in [0, 0.1) is 17.0 Å². The number of thiazole rings is 1. The van der Waals surface area contributed by atoms with Gasteiger partial charge in [0.1, 0.15) is 5.69 Å². The molecular formula is C11H14N4O2S. The molecule has 0 amide bonds. The van der Waals surface area contributed by atoms with Gasteiger partial charge < -0.3 is 11.1 Å². The minimum absolute atomic E-state index is 0.0270. The predicted molar refractivity (Wildman–Crippen MR) is 73.2 cm³/mol. The second kappa shape index (κ2) is 4.87. The van der Waals surface area contributed by atoms with Gasteiger partial charge in [-0.05, 0) is 19.9 Å². The van der Waals surface area contributed by atoms with Crippen LogP contribution in [0.5, 0.6) is 0 Å². The highest BCUT2D eigenvalue weighted by Crippen LogP contribution is 2.33. The van der Waals surface area contributed by atoms with E-state index in [0.29, 0.717) is 12.2 Å².